The topological polar surface area (TPSA) is 29.9 Å². The van der Waals surface area contributed by atoms with Gasteiger partial charge in [-0.15, -0.1) is 0 Å². The number of nitrogens with one attached hydrogen (secondary N) is 1. The van der Waals surface area contributed by atoms with Crippen LogP contribution >= 0.6 is 31.9 Å². The van der Waals surface area contributed by atoms with Gasteiger partial charge in [0.1, 0.15) is 0 Å². The van der Waals surface area contributed by atoms with Crippen LogP contribution in [-0.2, 0) is 13.1 Å². The van der Waals surface area contributed by atoms with E-state index in [2.05, 4.69) is 55.3 Å². The van der Waals surface area contributed by atoms with Gasteiger partial charge in [0.05, 0.1) is 23.6 Å². The first kappa shape index (κ1) is 13.6. The highest BCUT2D eigenvalue weighted by Crippen LogP contribution is 2.30. The number of para-hydroxylation sites is 1. The second kappa shape index (κ2) is 5.89. The van der Waals surface area contributed by atoms with Gasteiger partial charge in [0.25, 0.3) is 0 Å². The van der Waals surface area contributed by atoms with Crippen LogP contribution < -0.4 is 5.32 Å². The molecule has 1 aromatic heterocycles. The second-order valence-electron chi connectivity index (χ2n) is 4.04. The van der Waals surface area contributed by atoms with Gasteiger partial charge in [0.2, 0.25) is 0 Å². The van der Waals surface area contributed by atoms with Crippen LogP contribution in [0.15, 0.2) is 33.2 Å². The molecule has 1 N–H and O–H groups in total. The fraction of sp³-hybridized carbons (Fsp3) is 0.308. The number of aryl methyl sites for hydroxylation is 2. The molecule has 0 bridgehead atoms. The fourth-order valence-electron chi connectivity index (χ4n) is 1.86. The van der Waals surface area contributed by atoms with Crippen LogP contribution in [0.1, 0.15) is 18.3 Å². The minimum Gasteiger partial charge on any atom is -0.378 e. The molecule has 18 heavy (non-hydrogen) atoms. The lowest BCUT2D eigenvalue weighted by atomic mass is 10.3. The molecule has 0 saturated carbocycles. The predicted molar refractivity (Wildman–Crippen MR) is 81.8 cm³/mol. The summed E-state index contributed by atoms with van der Waals surface area (Å²) in [4.78, 5) is 0. The van der Waals surface area contributed by atoms with Crippen LogP contribution in [-0.4, -0.2) is 9.78 Å². The Morgan fingerprint density at radius 2 is 1.94 bits per heavy atom. The standard InChI is InChI=1S/C13H15Br2N3/c1-3-18-10(7-9(2)17-18)8-16-13-11(14)5-4-6-12(13)15/h4-7,16H,3,8H2,1-2H3. The van der Waals surface area contributed by atoms with Gasteiger partial charge in [0, 0.05) is 15.5 Å². The van der Waals surface area contributed by atoms with Crippen LogP contribution in [0.2, 0.25) is 0 Å². The number of benzene rings is 1. The maximum Gasteiger partial charge on any atom is 0.0632 e. The van der Waals surface area contributed by atoms with Crippen LogP contribution in [0.25, 0.3) is 0 Å². The normalized spacial score (nSPS) is 10.7. The lowest BCUT2D eigenvalue weighted by Gasteiger charge is -2.11. The number of halogens is 2. The Labute approximate surface area is 124 Å². The molecular weight excluding hydrogens is 358 g/mol. The Morgan fingerprint density at radius 1 is 1.28 bits per heavy atom. The van der Waals surface area contributed by atoms with E-state index in [1.54, 1.807) is 0 Å². The molecule has 2 aromatic rings. The maximum atomic E-state index is 4.44. The molecule has 0 aliphatic carbocycles. The smallest absolute Gasteiger partial charge is 0.0632 e. The summed E-state index contributed by atoms with van der Waals surface area (Å²) < 4.78 is 4.12. The Kier molecular flexibility index (Phi) is 4.45. The molecule has 0 spiro atoms. The molecule has 0 saturated heterocycles. The number of aromatic nitrogens is 2. The molecule has 2 rings (SSSR count). The maximum absolute atomic E-state index is 4.44. The molecule has 0 unspecified atom stereocenters. The van der Waals surface area contributed by atoms with Crippen molar-refractivity contribution in [3.05, 3.63) is 44.6 Å². The summed E-state index contributed by atoms with van der Waals surface area (Å²) in [6, 6.07) is 8.16. The van der Waals surface area contributed by atoms with Crippen molar-refractivity contribution in [3.8, 4) is 0 Å². The SMILES string of the molecule is CCn1nc(C)cc1CNc1c(Br)cccc1Br. The molecule has 0 amide bonds. The second-order valence-corrected chi connectivity index (χ2v) is 5.75. The molecule has 5 heteroatoms. The van der Waals surface area contributed by atoms with E-state index in [1.165, 1.54) is 5.69 Å². The van der Waals surface area contributed by atoms with E-state index in [4.69, 9.17) is 0 Å². The molecule has 0 aliphatic heterocycles. The highest BCUT2D eigenvalue weighted by atomic mass is 79.9. The Balaban J connectivity index is 2.16. The Bertz CT molecular complexity index is 529. The summed E-state index contributed by atoms with van der Waals surface area (Å²) in [5, 5.41) is 7.87. The average molecular weight is 373 g/mol. The lowest BCUT2D eigenvalue weighted by molar-refractivity contribution is 0.623. The Hall–Kier alpha value is -0.810. The highest BCUT2D eigenvalue weighted by molar-refractivity contribution is 9.11. The van der Waals surface area contributed by atoms with Gasteiger partial charge in [0.15, 0.2) is 0 Å². The average Bonchev–Trinajstić information content (AvgIpc) is 2.69. The largest absolute Gasteiger partial charge is 0.378 e. The molecule has 0 atom stereocenters. The van der Waals surface area contributed by atoms with Crippen LogP contribution in [0.3, 0.4) is 0 Å². The molecule has 0 fully saturated rings. The van der Waals surface area contributed by atoms with Gasteiger partial charge in [-0.2, -0.15) is 5.10 Å². The molecule has 0 radical (unpaired) electrons. The van der Waals surface area contributed by atoms with E-state index in [1.807, 2.05) is 29.8 Å². The van der Waals surface area contributed by atoms with Gasteiger partial charge in [-0.3, -0.25) is 4.68 Å². The van der Waals surface area contributed by atoms with Crippen LogP contribution in [0.4, 0.5) is 5.69 Å². The molecule has 96 valence electrons. The molecule has 1 aromatic carbocycles. The zero-order valence-electron chi connectivity index (χ0n) is 10.4. The first-order valence-electron chi connectivity index (χ1n) is 5.83. The van der Waals surface area contributed by atoms with E-state index in [9.17, 15) is 0 Å². The van der Waals surface area contributed by atoms with E-state index in [0.717, 1.165) is 33.4 Å². The third kappa shape index (κ3) is 2.95. The molecule has 1 heterocycles. The zero-order valence-corrected chi connectivity index (χ0v) is 13.5. The number of rotatable bonds is 4. The Morgan fingerprint density at radius 3 is 2.56 bits per heavy atom. The third-order valence-corrected chi connectivity index (χ3v) is 4.02. The number of hydrogen-bond acceptors (Lipinski definition) is 2. The summed E-state index contributed by atoms with van der Waals surface area (Å²) in [6.45, 7) is 5.77. The summed E-state index contributed by atoms with van der Waals surface area (Å²) in [7, 11) is 0. The van der Waals surface area contributed by atoms with Gasteiger partial charge >= 0.3 is 0 Å². The lowest BCUT2D eigenvalue weighted by Crippen LogP contribution is -2.08. The van der Waals surface area contributed by atoms with Crippen molar-refractivity contribution < 1.29 is 0 Å². The van der Waals surface area contributed by atoms with Crippen molar-refractivity contribution in [2.24, 2.45) is 0 Å². The first-order chi connectivity index (χ1) is 8.61. The van der Waals surface area contributed by atoms with E-state index in [0.29, 0.717) is 0 Å². The zero-order chi connectivity index (χ0) is 13.1. The summed E-state index contributed by atoms with van der Waals surface area (Å²) in [5.74, 6) is 0. The van der Waals surface area contributed by atoms with Crippen molar-refractivity contribution in [2.45, 2.75) is 26.9 Å². The minimum absolute atomic E-state index is 0.760. The number of anilines is 1. The predicted octanol–water partition coefficient (Wildman–Crippen LogP) is 4.35. The van der Waals surface area contributed by atoms with Crippen LogP contribution in [0.5, 0.6) is 0 Å². The summed E-state index contributed by atoms with van der Waals surface area (Å²) >= 11 is 7.09. The van der Waals surface area contributed by atoms with Gasteiger partial charge in [-0.05, 0) is 63.9 Å². The van der Waals surface area contributed by atoms with Gasteiger partial charge in [-0.25, -0.2) is 0 Å². The quantitative estimate of drug-likeness (QED) is 0.864. The van der Waals surface area contributed by atoms with E-state index < -0.39 is 0 Å². The summed E-state index contributed by atoms with van der Waals surface area (Å²) in [5.41, 5.74) is 3.32. The van der Waals surface area contributed by atoms with Crippen molar-refractivity contribution in [1.82, 2.24) is 9.78 Å². The first-order valence-corrected chi connectivity index (χ1v) is 7.41. The van der Waals surface area contributed by atoms with Crippen molar-refractivity contribution in [2.75, 3.05) is 5.32 Å². The third-order valence-electron chi connectivity index (χ3n) is 2.69. The number of nitrogens with zero attached hydrogens (tertiary/aromatic N) is 2. The molecule has 0 aliphatic rings. The summed E-state index contributed by atoms with van der Waals surface area (Å²) in [6.07, 6.45) is 0. The molecule has 3 nitrogen and oxygen atoms in total. The fourth-order valence-corrected chi connectivity index (χ4v) is 3.14. The van der Waals surface area contributed by atoms with Crippen molar-refractivity contribution >= 4 is 37.5 Å². The van der Waals surface area contributed by atoms with Crippen molar-refractivity contribution in [3.63, 3.8) is 0 Å². The van der Waals surface area contributed by atoms with Crippen LogP contribution in [0, 0.1) is 6.92 Å². The van der Waals surface area contributed by atoms with E-state index >= 15 is 0 Å². The minimum atomic E-state index is 0.760. The van der Waals surface area contributed by atoms with Gasteiger partial charge < -0.3 is 5.32 Å². The number of hydrogen-bond donors (Lipinski definition) is 1. The van der Waals surface area contributed by atoms with E-state index in [-0.39, 0.29) is 0 Å². The monoisotopic (exact) mass is 371 g/mol. The van der Waals surface area contributed by atoms with Gasteiger partial charge in [-0.1, -0.05) is 6.07 Å². The van der Waals surface area contributed by atoms with Crippen molar-refractivity contribution in [1.29, 1.82) is 0 Å². The highest BCUT2D eigenvalue weighted by Gasteiger charge is 2.07. The molecular formula is C13H15Br2N3.